The summed E-state index contributed by atoms with van der Waals surface area (Å²) >= 11 is 1.66. The molecule has 0 spiro atoms. The van der Waals surface area contributed by atoms with E-state index in [4.69, 9.17) is 4.74 Å². The molecule has 0 radical (unpaired) electrons. The lowest BCUT2D eigenvalue weighted by atomic mass is 10.2. The number of nitrogens with one attached hydrogen (secondary N) is 2. The van der Waals surface area contributed by atoms with Gasteiger partial charge in [-0.2, -0.15) is 11.8 Å². The van der Waals surface area contributed by atoms with Crippen LogP contribution in [0.4, 0.5) is 4.79 Å². The van der Waals surface area contributed by atoms with Gasteiger partial charge >= 0.3 is 6.03 Å². The van der Waals surface area contributed by atoms with Gasteiger partial charge in [-0.05, 0) is 25.8 Å². The molecule has 1 aromatic carbocycles. The number of rotatable bonds is 8. The van der Waals surface area contributed by atoms with Gasteiger partial charge in [0.2, 0.25) is 5.91 Å². The van der Waals surface area contributed by atoms with Crippen LogP contribution < -0.4 is 15.4 Å². The topological polar surface area (TPSA) is 67.4 Å². The van der Waals surface area contributed by atoms with Gasteiger partial charge in [0, 0.05) is 29.5 Å². The second-order valence-electron chi connectivity index (χ2n) is 5.85. The third-order valence-electron chi connectivity index (χ3n) is 3.95. The van der Waals surface area contributed by atoms with Crippen LogP contribution in [0.5, 0.6) is 5.75 Å². The Balaban J connectivity index is 1.63. The van der Waals surface area contributed by atoms with E-state index < -0.39 is 0 Å². The molecule has 0 bridgehead atoms. The first-order valence-electron chi connectivity index (χ1n) is 8.58. The standard InChI is InChI=1S/C18H26N2O3S/c1-2-23-16-10-6-3-7-14(16)13-24-12-11-17(21)20-18(22)19-15-8-4-5-9-15/h3,6-7,10,15H,2,4-5,8-9,11-13H2,1H3,(H2,19,20,21,22). The fraction of sp³-hybridized carbons (Fsp3) is 0.556. The maximum atomic E-state index is 11.8. The lowest BCUT2D eigenvalue weighted by molar-refractivity contribution is -0.119. The van der Waals surface area contributed by atoms with Gasteiger partial charge in [-0.1, -0.05) is 31.0 Å². The number of hydrogen-bond donors (Lipinski definition) is 2. The molecule has 5 nitrogen and oxygen atoms in total. The van der Waals surface area contributed by atoms with Crippen molar-refractivity contribution in [1.29, 1.82) is 0 Å². The number of hydrogen-bond acceptors (Lipinski definition) is 4. The van der Waals surface area contributed by atoms with E-state index in [2.05, 4.69) is 10.6 Å². The van der Waals surface area contributed by atoms with Crippen LogP contribution in [-0.4, -0.2) is 30.3 Å². The van der Waals surface area contributed by atoms with Crippen molar-refractivity contribution in [2.24, 2.45) is 0 Å². The maximum Gasteiger partial charge on any atom is 0.321 e. The molecular formula is C18H26N2O3S. The second-order valence-corrected chi connectivity index (χ2v) is 6.95. The van der Waals surface area contributed by atoms with E-state index in [1.807, 2.05) is 31.2 Å². The summed E-state index contributed by atoms with van der Waals surface area (Å²) in [6, 6.07) is 7.79. The van der Waals surface area contributed by atoms with Crippen LogP contribution in [-0.2, 0) is 10.5 Å². The number of benzene rings is 1. The number of imide groups is 1. The molecule has 0 heterocycles. The minimum atomic E-state index is -0.362. The summed E-state index contributed by atoms with van der Waals surface area (Å²) in [7, 11) is 0. The summed E-state index contributed by atoms with van der Waals surface area (Å²) in [5, 5.41) is 5.26. The molecule has 6 heteroatoms. The van der Waals surface area contributed by atoms with Crippen LogP contribution in [0, 0.1) is 0 Å². The Hall–Kier alpha value is -1.69. The van der Waals surface area contributed by atoms with Gasteiger partial charge in [-0.25, -0.2) is 4.79 Å². The number of para-hydroxylation sites is 1. The number of thioether (sulfide) groups is 1. The average Bonchev–Trinajstić information content (AvgIpc) is 3.06. The van der Waals surface area contributed by atoms with Crippen LogP contribution >= 0.6 is 11.8 Å². The summed E-state index contributed by atoms with van der Waals surface area (Å²) in [4.78, 5) is 23.5. The van der Waals surface area contributed by atoms with Crippen molar-refractivity contribution in [3.8, 4) is 5.75 Å². The lowest BCUT2D eigenvalue weighted by Crippen LogP contribution is -2.43. The van der Waals surface area contributed by atoms with Gasteiger partial charge in [0.25, 0.3) is 0 Å². The van der Waals surface area contributed by atoms with Crippen molar-refractivity contribution in [2.45, 2.75) is 50.8 Å². The Morgan fingerprint density at radius 1 is 1.25 bits per heavy atom. The monoisotopic (exact) mass is 350 g/mol. The smallest absolute Gasteiger partial charge is 0.321 e. The van der Waals surface area contributed by atoms with E-state index in [9.17, 15) is 9.59 Å². The summed E-state index contributed by atoms with van der Waals surface area (Å²) < 4.78 is 5.59. The molecule has 1 fully saturated rings. The molecule has 132 valence electrons. The molecule has 1 saturated carbocycles. The molecule has 0 atom stereocenters. The minimum Gasteiger partial charge on any atom is -0.494 e. The summed E-state index contributed by atoms with van der Waals surface area (Å²) in [6.07, 6.45) is 4.66. The molecule has 2 N–H and O–H groups in total. The predicted molar refractivity (Wildman–Crippen MR) is 97.3 cm³/mol. The van der Waals surface area contributed by atoms with Gasteiger partial charge in [0.05, 0.1) is 6.61 Å². The predicted octanol–water partition coefficient (Wildman–Crippen LogP) is 3.48. The zero-order valence-corrected chi connectivity index (χ0v) is 15.0. The highest BCUT2D eigenvalue weighted by molar-refractivity contribution is 7.98. The summed E-state index contributed by atoms with van der Waals surface area (Å²) in [5.74, 6) is 2.13. The number of urea groups is 1. The third-order valence-corrected chi connectivity index (χ3v) is 4.95. The summed E-state index contributed by atoms with van der Waals surface area (Å²) in [5.41, 5.74) is 1.13. The molecule has 2 rings (SSSR count). The van der Waals surface area contributed by atoms with Gasteiger partial charge in [-0.15, -0.1) is 0 Å². The first-order chi connectivity index (χ1) is 11.7. The number of carbonyl (C=O) groups excluding carboxylic acids is 2. The molecule has 24 heavy (non-hydrogen) atoms. The van der Waals surface area contributed by atoms with E-state index in [0.717, 1.165) is 42.7 Å². The van der Waals surface area contributed by atoms with Crippen LogP contribution in [0.25, 0.3) is 0 Å². The Kier molecular flexibility index (Phi) is 7.95. The van der Waals surface area contributed by atoms with Crippen molar-refractivity contribution in [1.82, 2.24) is 10.6 Å². The van der Waals surface area contributed by atoms with Crippen LogP contribution in [0.15, 0.2) is 24.3 Å². The highest BCUT2D eigenvalue weighted by atomic mass is 32.2. The van der Waals surface area contributed by atoms with Crippen LogP contribution in [0.2, 0.25) is 0 Å². The molecule has 0 unspecified atom stereocenters. The zero-order chi connectivity index (χ0) is 17.2. The number of amides is 3. The molecule has 1 aliphatic rings. The van der Waals surface area contributed by atoms with Crippen molar-refractivity contribution in [3.05, 3.63) is 29.8 Å². The summed E-state index contributed by atoms with van der Waals surface area (Å²) in [6.45, 7) is 2.60. The van der Waals surface area contributed by atoms with E-state index in [-0.39, 0.29) is 18.0 Å². The Labute approximate surface area is 147 Å². The molecular weight excluding hydrogens is 324 g/mol. The fourth-order valence-corrected chi connectivity index (χ4v) is 3.68. The third kappa shape index (κ3) is 6.43. The molecule has 1 aromatic rings. The highest BCUT2D eigenvalue weighted by Gasteiger charge is 2.18. The Morgan fingerprint density at radius 3 is 2.75 bits per heavy atom. The zero-order valence-electron chi connectivity index (χ0n) is 14.2. The highest BCUT2D eigenvalue weighted by Crippen LogP contribution is 2.23. The quantitative estimate of drug-likeness (QED) is 0.705. The van der Waals surface area contributed by atoms with Crippen molar-refractivity contribution >= 4 is 23.7 Å². The van der Waals surface area contributed by atoms with Crippen molar-refractivity contribution < 1.29 is 14.3 Å². The van der Waals surface area contributed by atoms with E-state index in [1.54, 1.807) is 11.8 Å². The van der Waals surface area contributed by atoms with E-state index in [1.165, 1.54) is 0 Å². The van der Waals surface area contributed by atoms with Crippen LogP contribution in [0.1, 0.15) is 44.6 Å². The van der Waals surface area contributed by atoms with Gasteiger partial charge in [-0.3, -0.25) is 10.1 Å². The molecule has 0 aromatic heterocycles. The van der Waals surface area contributed by atoms with Gasteiger partial charge in [0.15, 0.2) is 0 Å². The van der Waals surface area contributed by atoms with E-state index >= 15 is 0 Å². The van der Waals surface area contributed by atoms with Crippen molar-refractivity contribution in [2.75, 3.05) is 12.4 Å². The Bertz CT molecular complexity index is 545. The lowest BCUT2D eigenvalue weighted by Gasteiger charge is -2.12. The first-order valence-corrected chi connectivity index (χ1v) is 9.73. The maximum absolute atomic E-state index is 11.8. The van der Waals surface area contributed by atoms with Gasteiger partial charge < -0.3 is 10.1 Å². The molecule has 0 aliphatic heterocycles. The van der Waals surface area contributed by atoms with Crippen molar-refractivity contribution in [3.63, 3.8) is 0 Å². The average molecular weight is 350 g/mol. The van der Waals surface area contributed by atoms with E-state index in [0.29, 0.717) is 18.8 Å². The largest absolute Gasteiger partial charge is 0.494 e. The molecule has 0 saturated heterocycles. The molecule has 3 amide bonds. The minimum absolute atomic E-state index is 0.224. The van der Waals surface area contributed by atoms with Crippen LogP contribution in [0.3, 0.4) is 0 Å². The number of ether oxygens (including phenoxy) is 1. The number of carbonyl (C=O) groups is 2. The normalized spacial score (nSPS) is 14.4. The second kappa shape index (κ2) is 10.2. The fourth-order valence-electron chi connectivity index (χ4n) is 2.75. The Morgan fingerprint density at radius 2 is 2.00 bits per heavy atom. The molecule has 1 aliphatic carbocycles. The van der Waals surface area contributed by atoms with Gasteiger partial charge in [0.1, 0.15) is 5.75 Å². The SMILES string of the molecule is CCOc1ccccc1CSCCC(=O)NC(=O)NC1CCCC1. The first kappa shape index (κ1) is 18.6.